The summed E-state index contributed by atoms with van der Waals surface area (Å²) in [5.41, 5.74) is 1.20. The molecule has 1 fully saturated rings. The first kappa shape index (κ1) is 12.1. The summed E-state index contributed by atoms with van der Waals surface area (Å²) in [4.78, 5) is 16.9. The average molecular weight is 258 g/mol. The number of hydrogen-bond donors (Lipinski definition) is 0. The van der Waals surface area contributed by atoms with Crippen LogP contribution in [-0.4, -0.2) is 43.1 Å². The molecule has 6 heteroatoms. The molecule has 0 saturated carbocycles. The first-order chi connectivity index (χ1) is 9.33. The van der Waals surface area contributed by atoms with E-state index in [0.29, 0.717) is 25.6 Å². The Labute approximate surface area is 110 Å². The molecule has 6 nitrogen and oxygen atoms in total. The second-order valence-electron chi connectivity index (χ2n) is 4.48. The molecule has 1 saturated heterocycles. The zero-order valence-corrected chi connectivity index (χ0v) is 10.4. The molecule has 0 spiro atoms. The molecule has 0 aliphatic carbocycles. The van der Waals surface area contributed by atoms with Gasteiger partial charge in [-0.05, 0) is 5.56 Å². The number of benzene rings is 1. The van der Waals surface area contributed by atoms with Crippen molar-refractivity contribution in [2.45, 2.75) is 6.04 Å². The van der Waals surface area contributed by atoms with Crippen LogP contribution >= 0.6 is 0 Å². The van der Waals surface area contributed by atoms with Crippen LogP contribution in [0.4, 0.5) is 4.79 Å². The molecular weight excluding hydrogens is 244 g/mol. The van der Waals surface area contributed by atoms with Crippen molar-refractivity contribution >= 4 is 11.9 Å². The van der Waals surface area contributed by atoms with Crippen LogP contribution in [0.25, 0.3) is 0 Å². The highest BCUT2D eigenvalue weighted by Crippen LogP contribution is 2.24. The van der Waals surface area contributed by atoms with Crippen molar-refractivity contribution in [3.63, 3.8) is 0 Å². The van der Waals surface area contributed by atoms with Gasteiger partial charge < -0.3 is 4.74 Å². The average Bonchev–Trinajstić information content (AvgIpc) is 2.86. The predicted molar refractivity (Wildman–Crippen MR) is 69.3 cm³/mol. The number of amides is 2. The van der Waals surface area contributed by atoms with Crippen molar-refractivity contribution < 1.29 is 9.53 Å². The molecule has 3 rings (SSSR count). The summed E-state index contributed by atoms with van der Waals surface area (Å²) in [5, 5.41) is 7.19. The number of carbonyl (C=O) groups excluding carboxylic acids is 1. The second-order valence-corrected chi connectivity index (χ2v) is 4.48. The largest absolute Gasteiger partial charge is 0.387 e. The number of urea groups is 1. The molecule has 0 aromatic heterocycles. The maximum atomic E-state index is 11.0. The van der Waals surface area contributed by atoms with E-state index in [9.17, 15) is 4.79 Å². The van der Waals surface area contributed by atoms with E-state index in [1.54, 1.807) is 0 Å². The number of carbonyl (C=O) groups is 1. The van der Waals surface area contributed by atoms with Gasteiger partial charge in [0, 0.05) is 6.54 Å². The van der Waals surface area contributed by atoms with E-state index < -0.39 is 6.03 Å². The van der Waals surface area contributed by atoms with Gasteiger partial charge in [0.05, 0.1) is 25.8 Å². The van der Waals surface area contributed by atoms with E-state index in [0.717, 1.165) is 6.54 Å². The Hall–Kier alpha value is -1.92. The maximum Gasteiger partial charge on any atom is 0.387 e. The lowest BCUT2D eigenvalue weighted by molar-refractivity contribution is -0.000641. The molecule has 0 N–H and O–H groups in total. The van der Waals surface area contributed by atoms with Crippen LogP contribution in [0.1, 0.15) is 11.6 Å². The summed E-state index contributed by atoms with van der Waals surface area (Å²) in [5.74, 6) is 0.479. The molecule has 0 unspecified atom stereocenters. The number of nitrogens with zero attached hydrogens (tertiary/aromatic N) is 4. The third-order valence-electron chi connectivity index (χ3n) is 3.24. The number of amidine groups is 1. The third-order valence-corrected chi connectivity index (χ3v) is 3.24. The van der Waals surface area contributed by atoms with Crippen molar-refractivity contribution in [3.05, 3.63) is 35.9 Å². The Morgan fingerprint density at radius 2 is 2.11 bits per heavy atom. The van der Waals surface area contributed by atoms with E-state index in [-0.39, 0.29) is 6.04 Å². The van der Waals surface area contributed by atoms with E-state index >= 15 is 0 Å². The van der Waals surface area contributed by atoms with Gasteiger partial charge in [-0.1, -0.05) is 35.4 Å². The summed E-state index contributed by atoms with van der Waals surface area (Å²) < 4.78 is 5.55. The van der Waals surface area contributed by atoms with Crippen LogP contribution in [0.15, 0.2) is 45.6 Å². The smallest absolute Gasteiger partial charge is 0.378 e. The highest BCUT2D eigenvalue weighted by molar-refractivity contribution is 5.99. The molecule has 0 bridgehead atoms. The minimum absolute atomic E-state index is 0.170. The van der Waals surface area contributed by atoms with Gasteiger partial charge in [0.25, 0.3) is 0 Å². The number of hydrogen-bond acceptors (Lipinski definition) is 4. The zero-order valence-electron chi connectivity index (χ0n) is 10.4. The van der Waals surface area contributed by atoms with E-state index in [2.05, 4.69) is 32.3 Å². The molecule has 2 heterocycles. The highest BCUT2D eigenvalue weighted by Gasteiger charge is 2.26. The molecule has 98 valence electrons. The van der Waals surface area contributed by atoms with Gasteiger partial charge >= 0.3 is 6.03 Å². The summed E-state index contributed by atoms with van der Waals surface area (Å²) in [7, 11) is 0. The van der Waals surface area contributed by atoms with Gasteiger partial charge in [-0.15, -0.1) is 5.11 Å². The van der Waals surface area contributed by atoms with E-state index in [1.807, 2.05) is 18.2 Å². The van der Waals surface area contributed by atoms with Crippen LogP contribution in [0.5, 0.6) is 0 Å². The van der Waals surface area contributed by atoms with Gasteiger partial charge in [-0.25, -0.2) is 4.79 Å². The Morgan fingerprint density at radius 1 is 1.26 bits per heavy atom. The summed E-state index contributed by atoms with van der Waals surface area (Å²) in [6.07, 6.45) is 0. The molecule has 2 aliphatic heterocycles. The minimum Gasteiger partial charge on any atom is -0.378 e. The van der Waals surface area contributed by atoms with Crippen LogP contribution in [-0.2, 0) is 4.74 Å². The van der Waals surface area contributed by atoms with E-state index in [1.165, 1.54) is 5.56 Å². The number of ether oxygens (including phenoxy) is 1. The standard InChI is InChI=1S/C13H14N4O2/c18-13-14-12(15-16-13)8-17-6-7-19-9-11(17)10-4-2-1-3-5-10/h1-5,11H,6-9H2/t11-/m1/s1. The summed E-state index contributed by atoms with van der Waals surface area (Å²) >= 11 is 0. The monoisotopic (exact) mass is 258 g/mol. The predicted octanol–water partition coefficient (Wildman–Crippen LogP) is 2.04. The van der Waals surface area contributed by atoms with Gasteiger partial charge in [-0.3, -0.25) is 4.90 Å². The fourth-order valence-electron chi connectivity index (χ4n) is 2.31. The molecule has 1 aromatic carbocycles. The van der Waals surface area contributed by atoms with Crippen molar-refractivity contribution in [2.24, 2.45) is 15.2 Å². The SMILES string of the molecule is O=C1N=NC(CN2CCOC[C@@H]2c2ccccc2)=N1. The quantitative estimate of drug-likeness (QED) is 0.833. The lowest BCUT2D eigenvalue weighted by Gasteiger charge is -2.35. The number of aliphatic imine (C=N–C) groups is 1. The molecule has 19 heavy (non-hydrogen) atoms. The van der Waals surface area contributed by atoms with Crippen molar-refractivity contribution in [1.29, 1.82) is 0 Å². The van der Waals surface area contributed by atoms with Gasteiger partial charge in [-0.2, -0.15) is 4.99 Å². The van der Waals surface area contributed by atoms with Crippen molar-refractivity contribution in [1.82, 2.24) is 4.90 Å². The van der Waals surface area contributed by atoms with Crippen LogP contribution < -0.4 is 0 Å². The molecule has 1 aromatic rings. The lowest BCUT2D eigenvalue weighted by Crippen LogP contribution is -2.41. The minimum atomic E-state index is -0.514. The van der Waals surface area contributed by atoms with Gasteiger partial charge in [0.1, 0.15) is 0 Å². The fraction of sp³-hybridized carbons (Fsp3) is 0.385. The van der Waals surface area contributed by atoms with Crippen LogP contribution in [0.2, 0.25) is 0 Å². The third kappa shape index (κ3) is 2.74. The fourth-order valence-corrected chi connectivity index (χ4v) is 2.31. The Kier molecular flexibility index (Phi) is 3.43. The van der Waals surface area contributed by atoms with Crippen molar-refractivity contribution in [2.75, 3.05) is 26.3 Å². The lowest BCUT2D eigenvalue weighted by atomic mass is 10.1. The second kappa shape index (κ2) is 5.38. The van der Waals surface area contributed by atoms with Crippen LogP contribution in [0, 0.1) is 0 Å². The molecule has 2 amide bonds. The Bertz CT molecular complexity index is 527. The molecule has 1 atom stereocenters. The van der Waals surface area contributed by atoms with Gasteiger partial charge in [0.2, 0.25) is 0 Å². The maximum absolute atomic E-state index is 11.0. The summed E-state index contributed by atoms with van der Waals surface area (Å²) in [6.45, 7) is 2.64. The molecule has 0 radical (unpaired) electrons. The first-order valence-electron chi connectivity index (χ1n) is 6.23. The summed E-state index contributed by atoms with van der Waals surface area (Å²) in [6, 6.07) is 9.83. The zero-order chi connectivity index (χ0) is 13.1. The molecule has 2 aliphatic rings. The van der Waals surface area contributed by atoms with Gasteiger partial charge in [0.15, 0.2) is 5.84 Å². The van der Waals surface area contributed by atoms with E-state index in [4.69, 9.17) is 4.74 Å². The Morgan fingerprint density at radius 3 is 2.84 bits per heavy atom. The normalized spacial score (nSPS) is 23.7. The highest BCUT2D eigenvalue weighted by atomic mass is 16.5. The number of rotatable bonds is 3. The number of azo groups is 1. The van der Waals surface area contributed by atoms with Crippen molar-refractivity contribution in [3.8, 4) is 0 Å². The molecular formula is C13H14N4O2. The van der Waals surface area contributed by atoms with Crippen LogP contribution in [0.3, 0.4) is 0 Å². The first-order valence-corrected chi connectivity index (χ1v) is 6.23. The Balaban J connectivity index is 1.76. The topological polar surface area (TPSA) is 66.6 Å². The number of morpholine rings is 1.